The number of hydrogen-bond acceptors (Lipinski definition) is 3. The molecule has 2 aliphatic rings. The Morgan fingerprint density at radius 1 is 1.07 bits per heavy atom. The molecule has 0 saturated carbocycles. The second-order valence-corrected chi connectivity index (χ2v) is 9.23. The van der Waals surface area contributed by atoms with Gasteiger partial charge in [-0.15, -0.1) is 0 Å². The van der Waals surface area contributed by atoms with Gasteiger partial charge in [0.25, 0.3) is 0 Å². The topological polar surface area (TPSA) is 49.7 Å². The Kier molecular flexibility index (Phi) is 6.92. The fourth-order valence-corrected chi connectivity index (χ4v) is 5.29. The van der Waals surface area contributed by atoms with Gasteiger partial charge in [-0.2, -0.15) is 0 Å². The molecule has 3 unspecified atom stereocenters. The van der Waals surface area contributed by atoms with E-state index in [0.29, 0.717) is 12.8 Å². The molecule has 1 aliphatic heterocycles. The van der Waals surface area contributed by atoms with Gasteiger partial charge in [-0.1, -0.05) is 49.2 Å². The highest BCUT2D eigenvalue weighted by atomic mass is 16.5. The standard InChI is InChI=1S/C27H36O3/c1-3-4-6-25-24-8-5-7-23(24)20(13-19-11-9-18(2)10-12-19)14-26(25)27-16-21(29)15-22(17-28)30-27/h9-12,14,21-22,27-29H,3-8,13,15-17H2,1-2H3. The van der Waals surface area contributed by atoms with Crippen molar-refractivity contribution in [1.82, 2.24) is 0 Å². The maximum atomic E-state index is 10.4. The zero-order valence-electron chi connectivity index (χ0n) is 18.5. The van der Waals surface area contributed by atoms with Crippen molar-refractivity contribution in [3.8, 4) is 0 Å². The summed E-state index contributed by atoms with van der Waals surface area (Å²) in [7, 11) is 0. The van der Waals surface area contributed by atoms with Crippen LogP contribution in [0.4, 0.5) is 0 Å². The molecule has 3 nitrogen and oxygen atoms in total. The van der Waals surface area contributed by atoms with Crippen LogP contribution >= 0.6 is 0 Å². The molecule has 3 heteroatoms. The number of ether oxygens (including phenoxy) is 1. The number of rotatable bonds is 7. The minimum absolute atomic E-state index is 0.0288. The van der Waals surface area contributed by atoms with Gasteiger partial charge in [0.1, 0.15) is 0 Å². The lowest BCUT2D eigenvalue weighted by Crippen LogP contribution is -2.34. The van der Waals surface area contributed by atoms with Crippen LogP contribution < -0.4 is 0 Å². The van der Waals surface area contributed by atoms with Crippen molar-refractivity contribution in [3.63, 3.8) is 0 Å². The molecule has 30 heavy (non-hydrogen) atoms. The van der Waals surface area contributed by atoms with Crippen LogP contribution in [-0.2, 0) is 30.4 Å². The number of aliphatic hydroxyl groups is 2. The van der Waals surface area contributed by atoms with E-state index in [2.05, 4.69) is 44.2 Å². The van der Waals surface area contributed by atoms with E-state index in [9.17, 15) is 10.2 Å². The van der Waals surface area contributed by atoms with E-state index >= 15 is 0 Å². The van der Waals surface area contributed by atoms with Gasteiger partial charge in [-0.05, 0) is 78.8 Å². The lowest BCUT2D eigenvalue weighted by Gasteiger charge is -2.34. The third kappa shape index (κ3) is 4.64. The first-order valence-corrected chi connectivity index (χ1v) is 11.7. The van der Waals surface area contributed by atoms with E-state index in [0.717, 1.165) is 19.3 Å². The maximum Gasteiger partial charge on any atom is 0.0857 e. The van der Waals surface area contributed by atoms with E-state index in [1.54, 1.807) is 11.1 Å². The Bertz CT molecular complexity index is 855. The Balaban J connectivity index is 1.75. The predicted molar refractivity (Wildman–Crippen MR) is 121 cm³/mol. The van der Waals surface area contributed by atoms with Gasteiger partial charge in [0.05, 0.1) is 24.9 Å². The first-order valence-electron chi connectivity index (χ1n) is 11.7. The molecule has 0 amide bonds. The van der Waals surface area contributed by atoms with E-state index in [-0.39, 0.29) is 18.8 Å². The van der Waals surface area contributed by atoms with Crippen LogP contribution in [0.1, 0.15) is 84.1 Å². The Labute approximate surface area is 181 Å². The lowest BCUT2D eigenvalue weighted by molar-refractivity contribution is -0.114. The van der Waals surface area contributed by atoms with Gasteiger partial charge in [0.2, 0.25) is 0 Å². The van der Waals surface area contributed by atoms with Crippen LogP contribution in [0, 0.1) is 6.92 Å². The second-order valence-electron chi connectivity index (χ2n) is 9.23. The van der Waals surface area contributed by atoms with Crippen LogP contribution in [0.25, 0.3) is 0 Å². The van der Waals surface area contributed by atoms with Crippen LogP contribution in [0.2, 0.25) is 0 Å². The highest BCUT2D eigenvalue weighted by molar-refractivity contribution is 5.51. The van der Waals surface area contributed by atoms with Crippen molar-refractivity contribution in [2.75, 3.05) is 6.61 Å². The number of unbranched alkanes of at least 4 members (excludes halogenated alkanes) is 1. The number of hydrogen-bond donors (Lipinski definition) is 2. The lowest BCUT2D eigenvalue weighted by atomic mass is 9.84. The molecule has 0 spiro atoms. The van der Waals surface area contributed by atoms with E-state index in [1.165, 1.54) is 53.5 Å². The Hall–Kier alpha value is -1.68. The van der Waals surface area contributed by atoms with Crippen LogP contribution in [-0.4, -0.2) is 29.0 Å². The molecule has 2 aromatic carbocycles. The molecule has 0 aromatic heterocycles. The van der Waals surface area contributed by atoms with Crippen molar-refractivity contribution >= 4 is 0 Å². The zero-order valence-corrected chi connectivity index (χ0v) is 18.5. The van der Waals surface area contributed by atoms with Gasteiger partial charge < -0.3 is 14.9 Å². The fourth-order valence-electron chi connectivity index (χ4n) is 5.29. The summed E-state index contributed by atoms with van der Waals surface area (Å²) < 4.78 is 6.28. The highest BCUT2D eigenvalue weighted by Crippen LogP contribution is 2.40. The molecule has 2 aromatic rings. The SMILES string of the molecule is CCCCc1c(C2CC(O)CC(CO)O2)cc(Cc2ccc(C)cc2)c2c1CCC2. The molecular weight excluding hydrogens is 372 g/mol. The van der Waals surface area contributed by atoms with E-state index in [1.807, 2.05) is 0 Å². The van der Waals surface area contributed by atoms with Crippen LogP contribution in [0.5, 0.6) is 0 Å². The molecule has 0 bridgehead atoms. The highest BCUT2D eigenvalue weighted by Gasteiger charge is 2.32. The van der Waals surface area contributed by atoms with Gasteiger partial charge in [0, 0.05) is 12.8 Å². The summed E-state index contributed by atoms with van der Waals surface area (Å²) in [6, 6.07) is 11.2. The third-order valence-corrected chi connectivity index (χ3v) is 6.87. The van der Waals surface area contributed by atoms with Crippen LogP contribution in [0.15, 0.2) is 30.3 Å². The van der Waals surface area contributed by atoms with Gasteiger partial charge in [-0.25, -0.2) is 0 Å². The van der Waals surface area contributed by atoms with Crippen LogP contribution in [0.3, 0.4) is 0 Å². The summed E-state index contributed by atoms with van der Waals surface area (Å²) in [5.74, 6) is 0. The number of aliphatic hydroxyl groups excluding tert-OH is 2. The van der Waals surface area contributed by atoms with Crippen molar-refractivity contribution < 1.29 is 14.9 Å². The second kappa shape index (κ2) is 9.64. The van der Waals surface area contributed by atoms with E-state index in [4.69, 9.17) is 4.74 Å². The Morgan fingerprint density at radius 3 is 2.57 bits per heavy atom. The largest absolute Gasteiger partial charge is 0.394 e. The monoisotopic (exact) mass is 408 g/mol. The summed E-state index contributed by atoms with van der Waals surface area (Å²) in [6.45, 7) is 4.35. The molecule has 1 aliphatic carbocycles. The van der Waals surface area contributed by atoms with Crippen molar-refractivity contribution in [2.45, 2.75) is 89.9 Å². The molecule has 2 N–H and O–H groups in total. The third-order valence-electron chi connectivity index (χ3n) is 6.87. The molecule has 1 heterocycles. The Morgan fingerprint density at radius 2 is 1.83 bits per heavy atom. The van der Waals surface area contributed by atoms with Gasteiger partial charge in [0.15, 0.2) is 0 Å². The maximum absolute atomic E-state index is 10.4. The summed E-state index contributed by atoms with van der Waals surface area (Å²) >= 11 is 0. The van der Waals surface area contributed by atoms with Crippen molar-refractivity contribution in [3.05, 3.63) is 69.3 Å². The minimum Gasteiger partial charge on any atom is -0.394 e. The molecule has 3 atom stereocenters. The molecule has 0 radical (unpaired) electrons. The number of aryl methyl sites for hydroxylation is 1. The smallest absolute Gasteiger partial charge is 0.0857 e. The fraction of sp³-hybridized carbons (Fsp3) is 0.556. The predicted octanol–water partition coefficient (Wildman–Crippen LogP) is 4.99. The first-order chi connectivity index (χ1) is 14.6. The van der Waals surface area contributed by atoms with Crippen molar-refractivity contribution in [1.29, 1.82) is 0 Å². The van der Waals surface area contributed by atoms with Crippen molar-refractivity contribution in [2.24, 2.45) is 0 Å². The summed E-state index contributed by atoms with van der Waals surface area (Å²) in [5.41, 5.74) is 9.90. The molecule has 1 fully saturated rings. The number of fused-ring (bicyclic) bond motifs is 1. The van der Waals surface area contributed by atoms with E-state index < -0.39 is 6.10 Å². The summed E-state index contributed by atoms with van der Waals surface area (Å²) in [4.78, 5) is 0. The first kappa shape index (κ1) is 21.5. The molecule has 4 rings (SSSR count). The minimum atomic E-state index is -0.409. The molecule has 1 saturated heterocycles. The average Bonchev–Trinajstić information content (AvgIpc) is 3.24. The van der Waals surface area contributed by atoms with Gasteiger partial charge in [-0.3, -0.25) is 0 Å². The molecule has 162 valence electrons. The average molecular weight is 409 g/mol. The summed E-state index contributed by atoms with van der Waals surface area (Å²) in [5, 5.41) is 20.1. The summed E-state index contributed by atoms with van der Waals surface area (Å²) in [6.07, 6.45) is 8.28. The normalized spacial score (nSPS) is 23.5. The quantitative estimate of drug-likeness (QED) is 0.678. The zero-order chi connectivity index (χ0) is 21.1. The van der Waals surface area contributed by atoms with Gasteiger partial charge >= 0.3 is 0 Å². The molecular formula is C27H36O3. The number of benzene rings is 2.